The lowest BCUT2D eigenvalue weighted by Crippen LogP contribution is -2.13. The summed E-state index contributed by atoms with van der Waals surface area (Å²) < 4.78 is 5.05. The molecular formula is C19H17N3O2. The first-order valence-electron chi connectivity index (χ1n) is 7.97. The standard InChI is InChI=1S/C19H17N3O2/c1-12-21-19(22-24-12)16-4-2-3-15(9-16)13-5-7-14(8-6-13)17-10-18(23)20-11-17/h2-9,17H,10-11H2,1H3,(H,20,23). The summed E-state index contributed by atoms with van der Waals surface area (Å²) in [5.41, 5.74) is 4.35. The first-order chi connectivity index (χ1) is 11.7. The molecule has 0 aliphatic carbocycles. The molecule has 5 nitrogen and oxygen atoms in total. The Labute approximate surface area is 139 Å². The van der Waals surface area contributed by atoms with Crippen LogP contribution in [0, 0.1) is 6.92 Å². The Bertz CT molecular complexity index is 884. The number of benzene rings is 2. The largest absolute Gasteiger partial charge is 0.355 e. The van der Waals surface area contributed by atoms with Crippen molar-refractivity contribution in [1.29, 1.82) is 0 Å². The second-order valence-corrected chi connectivity index (χ2v) is 6.04. The number of hydrogen-bond donors (Lipinski definition) is 1. The van der Waals surface area contributed by atoms with E-state index >= 15 is 0 Å². The highest BCUT2D eigenvalue weighted by Gasteiger charge is 2.22. The lowest BCUT2D eigenvalue weighted by atomic mass is 9.95. The molecule has 0 saturated carbocycles. The Hall–Kier alpha value is -2.95. The van der Waals surface area contributed by atoms with Crippen LogP contribution in [-0.4, -0.2) is 22.6 Å². The lowest BCUT2D eigenvalue weighted by Gasteiger charge is -2.09. The third kappa shape index (κ3) is 2.80. The molecule has 1 saturated heterocycles. The molecule has 1 fully saturated rings. The maximum atomic E-state index is 11.4. The second-order valence-electron chi connectivity index (χ2n) is 6.04. The molecule has 1 aliphatic rings. The summed E-state index contributed by atoms with van der Waals surface area (Å²) in [6.45, 7) is 2.51. The number of nitrogens with one attached hydrogen (secondary N) is 1. The summed E-state index contributed by atoms with van der Waals surface area (Å²) in [7, 11) is 0. The number of rotatable bonds is 3. The number of carbonyl (C=O) groups is 1. The number of hydrogen-bond acceptors (Lipinski definition) is 4. The van der Waals surface area contributed by atoms with Crippen LogP contribution in [0.25, 0.3) is 22.5 Å². The van der Waals surface area contributed by atoms with Crippen LogP contribution in [0.4, 0.5) is 0 Å². The maximum absolute atomic E-state index is 11.4. The average Bonchev–Trinajstić information content (AvgIpc) is 3.24. The van der Waals surface area contributed by atoms with Crippen molar-refractivity contribution in [3.05, 3.63) is 60.0 Å². The van der Waals surface area contributed by atoms with Crippen LogP contribution in [-0.2, 0) is 4.79 Å². The molecule has 1 N–H and O–H groups in total. The van der Waals surface area contributed by atoms with Crippen LogP contribution in [0.3, 0.4) is 0 Å². The Kier molecular flexibility index (Phi) is 3.61. The van der Waals surface area contributed by atoms with Gasteiger partial charge in [0.15, 0.2) is 0 Å². The zero-order valence-electron chi connectivity index (χ0n) is 13.3. The molecule has 1 unspecified atom stereocenters. The van der Waals surface area contributed by atoms with E-state index in [1.165, 1.54) is 5.56 Å². The van der Waals surface area contributed by atoms with Gasteiger partial charge in [0.05, 0.1) is 0 Å². The summed E-state index contributed by atoms with van der Waals surface area (Å²) in [5, 5.41) is 6.85. The minimum atomic E-state index is 0.132. The molecule has 24 heavy (non-hydrogen) atoms. The Morgan fingerprint density at radius 3 is 2.54 bits per heavy atom. The van der Waals surface area contributed by atoms with Crippen LogP contribution < -0.4 is 5.32 Å². The number of amides is 1. The highest BCUT2D eigenvalue weighted by molar-refractivity contribution is 5.79. The summed E-state index contributed by atoms with van der Waals surface area (Å²) in [6, 6.07) is 16.5. The van der Waals surface area contributed by atoms with Crippen molar-refractivity contribution < 1.29 is 9.32 Å². The number of nitrogens with zero attached hydrogens (tertiary/aromatic N) is 2. The summed E-state index contributed by atoms with van der Waals surface area (Å²) in [6.07, 6.45) is 0.575. The van der Waals surface area contributed by atoms with Gasteiger partial charge in [-0.25, -0.2) is 0 Å². The van der Waals surface area contributed by atoms with Crippen molar-refractivity contribution >= 4 is 5.91 Å². The number of aryl methyl sites for hydroxylation is 1. The van der Waals surface area contributed by atoms with E-state index in [-0.39, 0.29) is 11.8 Å². The summed E-state index contributed by atoms with van der Waals surface area (Å²) in [4.78, 5) is 15.6. The van der Waals surface area contributed by atoms with Crippen molar-refractivity contribution in [2.45, 2.75) is 19.3 Å². The molecule has 120 valence electrons. The maximum Gasteiger partial charge on any atom is 0.223 e. The fourth-order valence-electron chi connectivity index (χ4n) is 3.04. The van der Waals surface area contributed by atoms with Crippen molar-refractivity contribution in [1.82, 2.24) is 15.5 Å². The van der Waals surface area contributed by atoms with Gasteiger partial charge >= 0.3 is 0 Å². The van der Waals surface area contributed by atoms with E-state index in [1.54, 1.807) is 6.92 Å². The molecule has 1 amide bonds. The molecule has 3 aromatic rings. The number of aromatic nitrogens is 2. The molecule has 1 aromatic heterocycles. The Balaban J connectivity index is 1.61. The molecule has 2 aromatic carbocycles. The third-order valence-corrected chi connectivity index (χ3v) is 4.34. The quantitative estimate of drug-likeness (QED) is 0.804. The van der Waals surface area contributed by atoms with Gasteiger partial charge in [-0.15, -0.1) is 0 Å². The predicted molar refractivity (Wildman–Crippen MR) is 90.3 cm³/mol. The van der Waals surface area contributed by atoms with E-state index in [4.69, 9.17) is 4.52 Å². The fourth-order valence-corrected chi connectivity index (χ4v) is 3.04. The summed E-state index contributed by atoms with van der Waals surface area (Å²) >= 11 is 0. The smallest absolute Gasteiger partial charge is 0.223 e. The predicted octanol–water partition coefficient (Wildman–Crippen LogP) is 3.32. The van der Waals surface area contributed by atoms with Gasteiger partial charge in [-0.05, 0) is 22.8 Å². The van der Waals surface area contributed by atoms with Crippen molar-refractivity contribution in [3.63, 3.8) is 0 Å². The molecule has 0 bridgehead atoms. The van der Waals surface area contributed by atoms with E-state index < -0.39 is 0 Å². The van der Waals surface area contributed by atoms with Crippen LogP contribution >= 0.6 is 0 Å². The number of carbonyl (C=O) groups excluding carboxylic acids is 1. The van der Waals surface area contributed by atoms with Gasteiger partial charge in [-0.3, -0.25) is 4.79 Å². The molecular weight excluding hydrogens is 302 g/mol. The monoisotopic (exact) mass is 319 g/mol. The molecule has 1 atom stereocenters. The SMILES string of the molecule is Cc1nc(-c2cccc(-c3ccc(C4CNC(=O)C4)cc3)c2)no1. The fraction of sp³-hybridized carbons (Fsp3) is 0.211. The summed E-state index contributed by atoms with van der Waals surface area (Å²) in [5.74, 6) is 1.56. The minimum absolute atomic E-state index is 0.132. The highest BCUT2D eigenvalue weighted by atomic mass is 16.5. The van der Waals surface area contributed by atoms with E-state index in [9.17, 15) is 4.79 Å². The van der Waals surface area contributed by atoms with Gasteiger partial charge in [0.25, 0.3) is 0 Å². The molecule has 0 spiro atoms. The van der Waals surface area contributed by atoms with E-state index in [2.05, 4.69) is 51.9 Å². The Morgan fingerprint density at radius 2 is 1.88 bits per heavy atom. The molecule has 5 heteroatoms. The van der Waals surface area contributed by atoms with E-state index in [0.717, 1.165) is 23.2 Å². The zero-order chi connectivity index (χ0) is 16.5. The Morgan fingerprint density at radius 1 is 1.08 bits per heavy atom. The van der Waals surface area contributed by atoms with Gasteiger partial charge in [0.1, 0.15) is 0 Å². The molecule has 2 heterocycles. The van der Waals surface area contributed by atoms with Crippen molar-refractivity contribution in [3.8, 4) is 22.5 Å². The van der Waals surface area contributed by atoms with Crippen molar-refractivity contribution in [2.75, 3.05) is 6.54 Å². The van der Waals surface area contributed by atoms with E-state index in [1.807, 2.05) is 12.1 Å². The van der Waals surface area contributed by atoms with Crippen LogP contribution in [0.2, 0.25) is 0 Å². The van der Waals surface area contributed by atoms with Crippen LogP contribution in [0.5, 0.6) is 0 Å². The first kappa shape index (κ1) is 14.6. The minimum Gasteiger partial charge on any atom is -0.355 e. The van der Waals surface area contributed by atoms with Crippen LogP contribution in [0.1, 0.15) is 23.8 Å². The lowest BCUT2D eigenvalue weighted by molar-refractivity contribution is -0.119. The van der Waals surface area contributed by atoms with Gasteiger partial charge in [-0.2, -0.15) is 4.98 Å². The normalized spacial score (nSPS) is 17.0. The van der Waals surface area contributed by atoms with Crippen molar-refractivity contribution in [2.24, 2.45) is 0 Å². The highest BCUT2D eigenvalue weighted by Crippen LogP contribution is 2.28. The van der Waals surface area contributed by atoms with E-state index in [0.29, 0.717) is 18.1 Å². The molecule has 1 aliphatic heterocycles. The second kappa shape index (κ2) is 5.92. The van der Waals surface area contributed by atoms with Gasteiger partial charge in [-0.1, -0.05) is 47.6 Å². The molecule has 4 rings (SSSR count). The topological polar surface area (TPSA) is 68.0 Å². The van der Waals surface area contributed by atoms with Gasteiger partial charge < -0.3 is 9.84 Å². The zero-order valence-corrected chi connectivity index (χ0v) is 13.3. The molecule has 0 radical (unpaired) electrons. The first-order valence-corrected chi connectivity index (χ1v) is 7.97. The average molecular weight is 319 g/mol. The van der Waals surface area contributed by atoms with Gasteiger partial charge in [0.2, 0.25) is 17.6 Å². The van der Waals surface area contributed by atoms with Crippen LogP contribution in [0.15, 0.2) is 53.1 Å². The third-order valence-electron chi connectivity index (χ3n) is 4.34. The van der Waals surface area contributed by atoms with Gasteiger partial charge in [0, 0.05) is 31.4 Å².